The summed E-state index contributed by atoms with van der Waals surface area (Å²) in [4.78, 5) is 4.50. The van der Waals surface area contributed by atoms with Gasteiger partial charge in [-0.25, -0.2) is 4.98 Å². The molecule has 72 valence electrons. The monoisotopic (exact) mass is 196 g/mol. The van der Waals surface area contributed by atoms with Crippen LogP contribution in [-0.4, -0.2) is 10.7 Å². The first-order valence-electron chi connectivity index (χ1n) is 4.58. The van der Waals surface area contributed by atoms with E-state index in [1.165, 1.54) is 5.01 Å². The maximum atomic E-state index is 7.31. The third-order valence-electron chi connectivity index (χ3n) is 1.82. The number of nitrogens with zero attached hydrogens (tertiary/aromatic N) is 1. The molecule has 1 aromatic rings. The summed E-state index contributed by atoms with van der Waals surface area (Å²) < 4.78 is 0. The zero-order valence-electron chi connectivity index (χ0n) is 8.42. The SMILES string of the molecule is CC(=N)CCc1csc(C(C)C)n1. The van der Waals surface area contributed by atoms with Crippen LogP contribution in [0.1, 0.15) is 43.8 Å². The first kappa shape index (κ1) is 10.4. The molecule has 0 unspecified atom stereocenters. The normalized spacial score (nSPS) is 10.8. The second-order valence-electron chi connectivity index (χ2n) is 3.61. The van der Waals surface area contributed by atoms with E-state index in [0.29, 0.717) is 5.92 Å². The lowest BCUT2D eigenvalue weighted by molar-refractivity contribution is 0.835. The van der Waals surface area contributed by atoms with Gasteiger partial charge in [-0.3, -0.25) is 0 Å². The van der Waals surface area contributed by atoms with Gasteiger partial charge in [-0.2, -0.15) is 0 Å². The van der Waals surface area contributed by atoms with Gasteiger partial charge in [0.05, 0.1) is 10.7 Å². The van der Waals surface area contributed by atoms with E-state index in [2.05, 4.69) is 24.2 Å². The summed E-state index contributed by atoms with van der Waals surface area (Å²) in [5.41, 5.74) is 1.87. The zero-order valence-corrected chi connectivity index (χ0v) is 9.24. The van der Waals surface area contributed by atoms with Crippen molar-refractivity contribution in [2.24, 2.45) is 0 Å². The van der Waals surface area contributed by atoms with Gasteiger partial charge < -0.3 is 5.41 Å². The molecule has 1 heterocycles. The maximum absolute atomic E-state index is 7.31. The van der Waals surface area contributed by atoms with Crippen LogP contribution in [0.3, 0.4) is 0 Å². The molecule has 0 atom stereocenters. The van der Waals surface area contributed by atoms with Crippen molar-refractivity contribution >= 4 is 17.0 Å². The van der Waals surface area contributed by atoms with Crippen molar-refractivity contribution in [2.75, 3.05) is 0 Å². The van der Waals surface area contributed by atoms with Gasteiger partial charge in [0.25, 0.3) is 0 Å². The summed E-state index contributed by atoms with van der Waals surface area (Å²) in [5.74, 6) is 0.528. The number of hydrogen-bond donors (Lipinski definition) is 1. The van der Waals surface area contributed by atoms with Gasteiger partial charge in [0.1, 0.15) is 0 Å². The number of rotatable bonds is 4. The van der Waals surface area contributed by atoms with Crippen molar-refractivity contribution in [1.29, 1.82) is 5.41 Å². The summed E-state index contributed by atoms with van der Waals surface area (Å²) in [7, 11) is 0. The standard InChI is InChI=1S/C10H16N2S/c1-7(2)10-12-9(6-13-10)5-4-8(3)11/h6-7,11H,4-5H2,1-3H3. The first-order valence-corrected chi connectivity index (χ1v) is 5.46. The minimum absolute atomic E-state index is 0.528. The Bertz CT molecular complexity index is 289. The van der Waals surface area contributed by atoms with Crippen LogP contribution in [0.5, 0.6) is 0 Å². The van der Waals surface area contributed by atoms with Crippen LogP contribution in [0.4, 0.5) is 0 Å². The highest BCUT2D eigenvalue weighted by Crippen LogP contribution is 2.19. The predicted octanol–water partition coefficient (Wildman–Crippen LogP) is 3.24. The Kier molecular flexibility index (Phi) is 3.60. The Morgan fingerprint density at radius 3 is 2.77 bits per heavy atom. The lowest BCUT2D eigenvalue weighted by atomic mass is 10.2. The molecule has 1 rings (SSSR count). The van der Waals surface area contributed by atoms with Gasteiger partial charge in [-0.05, 0) is 19.8 Å². The van der Waals surface area contributed by atoms with Crippen LogP contribution < -0.4 is 0 Å². The van der Waals surface area contributed by atoms with Crippen molar-refractivity contribution in [1.82, 2.24) is 4.98 Å². The van der Waals surface area contributed by atoms with Crippen LogP contribution in [0, 0.1) is 5.41 Å². The molecule has 0 aliphatic carbocycles. The fourth-order valence-electron chi connectivity index (χ4n) is 1.02. The van der Waals surface area contributed by atoms with Gasteiger partial charge in [-0.1, -0.05) is 13.8 Å². The number of aromatic nitrogens is 1. The molecular weight excluding hydrogens is 180 g/mol. The molecule has 0 spiro atoms. The summed E-state index contributed by atoms with van der Waals surface area (Å²) in [6.07, 6.45) is 1.75. The van der Waals surface area contributed by atoms with Gasteiger partial charge in [0.2, 0.25) is 0 Å². The van der Waals surface area contributed by atoms with E-state index in [9.17, 15) is 0 Å². The van der Waals surface area contributed by atoms with E-state index in [1.807, 2.05) is 6.92 Å². The molecule has 0 aromatic carbocycles. The van der Waals surface area contributed by atoms with Crippen LogP contribution in [0.15, 0.2) is 5.38 Å². The summed E-state index contributed by atoms with van der Waals surface area (Å²) in [5, 5.41) is 10.6. The van der Waals surface area contributed by atoms with E-state index in [-0.39, 0.29) is 0 Å². The molecule has 13 heavy (non-hydrogen) atoms. The second-order valence-corrected chi connectivity index (χ2v) is 4.50. The topological polar surface area (TPSA) is 36.7 Å². The first-order chi connectivity index (χ1) is 6.09. The summed E-state index contributed by atoms with van der Waals surface area (Å²) >= 11 is 1.73. The van der Waals surface area contributed by atoms with Crippen molar-refractivity contribution in [3.63, 3.8) is 0 Å². The molecule has 0 aliphatic heterocycles. The number of aryl methyl sites for hydroxylation is 1. The van der Waals surface area contributed by atoms with Crippen molar-refractivity contribution in [3.05, 3.63) is 16.1 Å². The van der Waals surface area contributed by atoms with Crippen molar-refractivity contribution in [3.8, 4) is 0 Å². The molecule has 2 nitrogen and oxygen atoms in total. The molecule has 0 fully saturated rings. The van der Waals surface area contributed by atoms with Crippen LogP contribution in [0.25, 0.3) is 0 Å². The number of nitrogens with one attached hydrogen (secondary N) is 1. The van der Waals surface area contributed by atoms with Crippen LogP contribution in [0.2, 0.25) is 0 Å². The van der Waals surface area contributed by atoms with Gasteiger partial charge in [0.15, 0.2) is 0 Å². The number of hydrogen-bond acceptors (Lipinski definition) is 3. The Labute approximate surface area is 83.5 Å². The molecule has 1 aromatic heterocycles. The lowest BCUT2D eigenvalue weighted by Gasteiger charge is -1.97. The lowest BCUT2D eigenvalue weighted by Crippen LogP contribution is -1.94. The quantitative estimate of drug-likeness (QED) is 0.737. The molecule has 0 saturated carbocycles. The average molecular weight is 196 g/mol. The molecular formula is C10H16N2S. The molecule has 0 aliphatic rings. The third-order valence-corrected chi connectivity index (χ3v) is 3.01. The molecule has 0 bridgehead atoms. The molecule has 1 N–H and O–H groups in total. The van der Waals surface area contributed by atoms with Crippen LogP contribution >= 0.6 is 11.3 Å². The van der Waals surface area contributed by atoms with E-state index >= 15 is 0 Å². The minimum Gasteiger partial charge on any atom is -0.310 e. The van der Waals surface area contributed by atoms with E-state index in [0.717, 1.165) is 24.2 Å². The fourth-order valence-corrected chi connectivity index (χ4v) is 1.89. The highest BCUT2D eigenvalue weighted by molar-refractivity contribution is 7.09. The summed E-state index contributed by atoms with van der Waals surface area (Å²) in [6.45, 7) is 6.16. The summed E-state index contributed by atoms with van der Waals surface area (Å²) in [6, 6.07) is 0. The van der Waals surface area contributed by atoms with Crippen LogP contribution in [-0.2, 0) is 6.42 Å². The molecule has 0 radical (unpaired) electrons. The molecule has 3 heteroatoms. The zero-order chi connectivity index (χ0) is 9.84. The predicted molar refractivity (Wildman–Crippen MR) is 57.9 cm³/mol. The Balaban J connectivity index is 2.54. The fraction of sp³-hybridized carbons (Fsp3) is 0.600. The third kappa shape index (κ3) is 3.27. The van der Waals surface area contributed by atoms with Gasteiger partial charge in [0, 0.05) is 17.0 Å². The Morgan fingerprint density at radius 1 is 1.62 bits per heavy atom. The Hall–Kier alpha value is -0.700. The average Bonchev–Trinajstić information content (AvgIpc) is 2.48. The Morgan fingerprint density at radius 2 is 2.31 bits per heavy atom. The van der Waals surface area contributed by atoms with E-state index in [4.69, 9.17) is 5.41 Å². The van der Waals surface area contributed by atoms with E-state index < -0.39 is 0 Å². The molecule has 0 saturated heterocycles. The minimum atomic E-state index is 0.528. The highest BCUT2D eigenvalue weighted by atomic mass is 32.1. The van der Waals surface area contributed by atoms with Crippen molar-refractivity contribution in [2.45, 2.75) is 39.5 Å². The second kappa shape index (κ2) is 4.51. The van der Waals surface area contributed by atoms with Gasteiger partial charge in [-0.15, -0.1) is 11.3 Å². The van der Waals surface area contributed by atoms with Gasteiger partial charge >= 0.3 is 0 Å². The molecule has 0 amide bonds. The van der Waals surface area contributed by atoms with E-state index in [1.54, 1.807) is 11.3 Å². The smallest absolute Gasteiger partial charge is 0.0953 e. The largest absolute Gasteiger partial charge is 0.310 e. The van der Waals surface area contributed by atoms with Crippen molar-refractivity contribution < 1.29 is 0 Å². The maximum Gasteiger partial charge on any atom is 0.0953 e. The highest BCUT2D eigenvalue weighted by Gasteiger charge is 2.05. The number of thiazole rings is 1.